The second-order valence-corrected chi connectivity index (χ2v) is 6.93. The lowest BCUT2D eigenvalue weighted by molar-refractivity contribution is 0.248. The summed E-state index contributed by atoms with van der Waals surface area (Å²) >= 11 is 0. The maximum atomic E-state index is 4.84. The van der Waals surface area contributed by atoms with Crippen LogP contribution in [0.2, 0.25) is 0 Å². The molecular weight excluding hydrogens is 258 g/mol. The second-order valence-electron chi connectivity index (χ2n) is 6.93. The predicted molar refractivity (Wildman–Crippen MR) is 87.6 cm³/mol. The second kappa shape index (κ2) is 6.95. The van der Waals surface area contributed by atoms with Crippen LogP contribution in [0.25, 0.3) is 0 Å². The molecule has 2 aliphatic rings. The smallest absolute Gasteiger partial charge is 0.106 e. The number of imidazole rings is 1. The topological polar surface area (TPSA) is 29.9 Å². The van der Waals surface area contributed by atoms with Gasteiger partial charge in [0.2, 0.25) is 0 Å². The summed E-state index contributed by atoms with van der Waals surface area (Å²) in [5.41, 5.74) is 2.93. The molecule has 21 heavy (non-hydrogen) atoms. The Morgan fingerprint density at radius 1 is 1.14 bits per heavy atom. The Bertz CT molecular complexity index is 457. The molecule has 118 valence electrons. The minimum Gasteiger partial charge on any atom is -0.330 e. The van der Waals surface area contributed by atoms with Crippen LogP contribution in [0.4, 0.5) is 0 Å². The molecule has 0 radical (unpaired) electrons. The van der Waals surface area contributed by atoms with Crippen molar-refractivity contribution in [2.75, 3.05) is 6.54 Å². The summed E-state index contributed by atoms with van der Waals surface area (Å²) in [7, 11) is 0. The number of rotatable bonds is 5. The van der Waals surface area contributed by atoms with E-state index in [-0.39, 0.29) is 0 Å². The van der Waals surface area contributed by atoms with Gasteiger partial charge in [-0.1, -0.05) is 26.2 Å². The zero-order valence-electron chi connectivity index (χ0n) is 13.8. The van der Waals surface area contributed by atoms with Gasteiger partial charge in [0.1, 0.15) is 5.82 Å². The molecule has 3 nitrogen and oxygen atoms in total. The van der Waals surface area contributed by atoms with Gasteiger partial charge in [-0.15, -0.1) is 0 Å². The van der Waals surface area contributed by atoms with Crippen LogP contribution >= 0.6 is 0 Å². The fraction of sp³-hybridized carbons (Fsp3) is 0.833. The van der Waals surface area contributed by atoms with Gasteiger partial charge in [-0.3, -0.25) is 0 Å². The molecule has 3 heteroatoms. The first-order chi connectivity index (χ1) is 10.3. The van der Waals surface area contributed by atoms with Crippen molar-refractivity contribution in [2.24, 2.45) is 5.92 Å². The molecule has 1 unspecified atom stereocenters. The molecule has 1 fully saturated rings. The van der Waals surface area contributed by atoms with Crippen molar-refractivity contribution in [3.8, 4) is 0 Å². The van der Waals surface area contributed by atoms with Gasteiger partial charge < -0.3 is 9.88 Å². The molecule has 0 amide bonds. The van der Waals surface area contributed by atoms with E-state index in [4.69, 9.17) is 4.98 Å². The van der Waals surface area contributed by atoms with E-state index >= 15 is 0 Å². The number of nitrogens with one attached hydrogen (secondary N) is 1. The van der Waals surface area contributed by atoms with Gasteiger partial charge in [0.25, 0.3) is 0 Å². The first-order valence-electron chi connectivity index (χ1n) is 9.08. The zero-order chi connectivity index (χ0) is 14.7. The normalized spacial score (nSPS) is 21.2. The van der Waals surface area contributed by atoms with Gasteiger partial charge in [-0.05, 0) is 57.9 Å². The number of aromatic nitrogens is 2. The van der Waals surface area contributed by atoms with Crippen molar-refractivity contribution in [2.45, 2.75) is 84.2 Å². The Morgan fingerprint density at radius 3 is 2.67 bits per heavy atom. The maximum Gasteiger partial charge on any atom is 0.106 e. The highest BCUT2D eigenvalue weighted by molar-refractivity contribution is 5.20. The minimum atomic E-state index is 0.634. The summed E-state index contributed by atoms with van der Waals surface area (Å²) in [6, 6.07) is 0.634. The van der Waals surface area contributed by atoms with E-state index in [1.807, 2.05) is 0 Å². The van der Waals surface area contributed by atoms with E-state index in [2.05, 4.69) is 23.7 Å². The van der Waals surface area contributed by atoms with Crippen LogP contribution in [-0.2, 0) is 19.4 Å². The van der Waals surface area contributed by atoms with Gasteiger partial charge in [0.05, 0.1) is 5.69 Å². The van der Waals surface area contributed by atoms with Crippen molar-refractivity contribution in [3.63, 3.8) is 0 Å². The molecule has 0 bridgehead atoms. The lowest BCUT2D eigenvalue weighted by atomic mass is 9.83. The van der Waals surface area contributed by atoms with Crippen LogP contribution in [0.15, 0.2) is 0 Å². The standard InChI is InChI=1S/C18H31N3/c1-3-19-17(15-9-5-4-6-10-15)13-21-14(2)20-16-11-7-8-12-18(16)21/h15,17,19H,3-13H2,1-2H3. The number of nitrogens with zero attached hydrogens (tertiary/aromatic N) is 2. The number of likely N-dealkylation sites (N-methyl/N-ethyl adjacent to an activating group) is 1. The molecular formula is C18H31N3. The van der Waals surface area contributed by atoms with E-state index in [0.717, 1.165) is 19.0 Å². The first-order valence-corrected chi connectivity index (χ1v) is 9.08. The molecule has 1 aromatic rings. The monoisotopic (exact) mass is 289 g/mol. The molecule has 1 atom stereocenters. The van der Waals surface area contributed by atoms with Gasteiger partial charge in [0.15, 0.2) is 0 Å². The van der Waals surface area contributed by atoms with Crippen LogP contribution in [0.3, 0.4) is 0 Å². The lowest BCUT2D eigenvalue weighted by Gasteiger charge is -2.32. The van der Waals surface area contributed by atoms with Crippen LogP contribution in [-0.4, -0.2) is 22.1 Å². The molecule has 1 aromatic heterocycles. The Kier molecular flexibility index (Phi) is 4.99. The highest BCUT2D eigenvalue weighted by Crippen LogP contribution is 2.29. The third-order valence-corrected chi connectivity index (χ3v) is 5.49. The third kappa shape index (κ3) is 3.33. The van der Waals surface area contributed by atoms with Gasteiger partial charge in [0, 0.05) is 18.3 Å². The van der Waals surface area contributed by atoms with Crippen molar-refractivity contribution in [1.29, 1.82) is 0 Å². The largest absolute Gasteiger partial charge is 0.330 e. The summed E-state index contributed by atoms with van der Waals surface area (Å²) in [4.78, 5) is 4.84. The summed E-state index contributed by atoms with van der Waals surface area (Å²) in [5, 5.41) is 3.78. The lowest BCUT2D eigenvalue weighted by Crippen LogP contribution is -2.41. The molecule has 1 heterocycles. The fourth-order valence-corrected chi connectivity index (χ4v) is 4.35. The fourth-order valence-electron chi connectivity index (χ4n) is 4.35. The Morgan fingerprint density at radius 2 is 1.90 bits per heavy atom. The van der Waals surface area contributed by atoms with Crippen molar-refractivity contribution >= 4 is 0 Å². The molecule has 1 saturated carbocycles. The van der Waals surface area contributed by atoms with E-state index in [9.17, 15) is 0 Å². The molecule has 0 spiro atoms. The van der Waals surface area contributed by atoms with Gasteiger partial charge in [-0.25, -0.2) is 4.98 Å². The van der Waals surface area contributed by atoms with Crippen LogP contribution in [0.1, 0.15) is 69.1 Å². The van der Waals surface area contributed by atoms with Crippen LogP contribution in [0.5, 0.6) is 0 Å². The van der Waals surface area contributed by atoms with E-state index in [1.54, 1.807) is 0 Å². The molecule has 0 aromatic carbocycles. The Balaban J connectivity index is 1.77. The molecule has 0 aliphatic heterocycles. The van der Waals surface area contributed by atoms with E-state index < -0.39 is 0 Å². The average Bonchev–Trinajstić information content (AvgIpc) is 2.84. The number of fused-ring (bicyclic) bond motifs is 1. The molecule has 2 aliphatic carbocycles. The van der Waals surface area contributed by atoms with Crippen molar-refractivity contribution in [3.05, 3.63) is 17.2 Å². The predicted octanol–water partition coefficient (Wildman–Crippen LogP) is 3.63. The SMILES string of the molecule is CCNC(Cn1c(C)nc2c1CCCC2)C1CCCCC1. The number of hydrogen-bond donors (Lipinski definition) is 1. The summed E-state index contributed by atoms with van der Waals surface area (Å²) < 4.78 is 2.54. The minimum absolute atomic E-state index is 0.634. The molecule has 1 N–H and O–H groups in total. The molecule has 0 saturated heterocycles. The van der Waals surface area contributed by atoms with E-state index in [1.165, 1.54) is 75.0 Å². The highest BCUT2D eigenvalue weighted by Gasteiger charge is 2.26. The van der Waals surface area contributed by atoms with Gasteiger partial charge in [-0.2, -0.15) is 0 Å². The zero-order valence-corrected chi connectivity index (χ0v) is 13.8. The number of hydrogen-bond acceptors (Lipinski definition) is 2. The molecule has 3 rings (SSSR count). The quantitative estimate of drug-likeness (QED) is 0.897. The summed E-state index contributed by atoms with van der Waals surface area (Å²) in [6.45, 7) is 6.65. The first kappa shape index (κ1) is 15.1. The Labute approximate surface area is 129 Å². The maximum absolute atomic E-state index is 4.84. The van der Waals surface area contributed by atoms with Crippen molar-refractivity contribution in [1.82, 2.24) is 14.9 Å². The Hall–Kier alpha value is -0.830. The number of aryl methyl sites for hydroxylation is 2. The highest BCUT2D eigenvalue weighted by atomic mass is 15.1. The van der Waals surface area contributed by atoms with Crippen LogP contribution in [0, 0.1) is 12.8 Å². The summed E-state index contributed by atoms with van der Waals surface area (Å²) in [6.07, 6.45) is 12.2. The van der Waals surface area contributed by atoms with Crippen LogP contribution < -0.4 is 5.32 Å². The van der Waals surface area contributed by atoms with Gasteiger partial charge >= 0.3 is 0 Å². The third-order valence-electron chi connectivity index (χ3n) is 5.49. The summed E-state index contributed by atoms with van der Waals surface area (Å²) in [5.74, 6) is 2.10. The van der Waals surface area contributed by atoms with E-state index in [0.29, 0.717) is 6.04 Å². The average molecular weight is 289 g/mol. The van der Waals surface area contributed by atoms with Crippen molar-refractivity contribution < 1.29 is 0 Å².